The predicted octanol–water partition coefficient (Wildman–Crippen LogP) is 3.52. The minimum atomic E-state index is -0.375. The number of imide groups is 1. The highest BCUT2D eigenvalue weighted by Gasteiger charge is 2.36. The van der Waals surface area contributed by atoms with Crippen LogP contribution in [0.25, 0.3) is 0 Å². The molecule has 2 heterocycles. The number of hydrogen-bond donors (Lipinski definition) is 2. The summed E-state index contributed by atoms with van der Waals surface area (Å²) >= 11 is 0. The Morgan fingerprint density at radius 3 is 2.44 bits per heavy atom. The van der Waals surface area contributed by atoms with Crippen molar-refractivity contribution in [3.63, 3.8) is 0 Å². The third kappa shape index (κ3) is 4.85. The number of benzene rings is 2. The summed E-state index contributed by atoms with van der Waals surface area (Å²) in [5.41, 5.74) is 2.68. The van der Waals surface area contributed by atoms with Crippen LogP contribution in [0.15, 0.2) is 67.0 Å². The van der Waals surface area contributed by atoms with Crippen LogP contribution in [0.2, 0.25) is 0 Å². The van der Waals surface area contributed by atoms with E-state index in [4.69, 9.17) is 0 Å². The monoisotopic (exact) mass is 456 g/mol. The number of fused-ring (bicyclic) bond motifs is 1. The number of hydrogen-bond acceptors (Lipinski definition) is 5. The zero-order chi connectivity index (χ0) is 24.2. The summed E-state index contributed by atoms with van der Waals surface area (Å²) in [5.74, 6) is -1.20. The van der Waals surface area contributed by atoms with Crippen molar-refractivity contribution in [2.75, 3.05) is 11.9 Å². The number of anilines is 1. The molecule has 0 unspecified atom stereocenters. The van der Waals surface area contributed by atoms with Crippen molar-refractivity contribution in [1.82, 2.24) is 15.2 Å². The Morgan fingerprint density at radius 2 is 1.71 bits per heavy atom. The number of rotatable bonds is 7. The smallest absolute Gasteiger partial charge is 0.261 e. The Hall–Kier alpha value is -4.33. The molecule has 172 valence electrons. The van der Waals surface area contributed by atoms with E-state index in [9.17, 15) is 19.2 Å². The van der Waals surface area contributed by atoms with Gasteiger partial charge in [-0.3, -0.25) is 29.1 Å². The first-order valence-corrected chi connectivity index (χ1v) is 10.9. The molecule has 0 fully saturated rings. The molecule has 0 saturated heterocycles. The molecule has 0 spiro atoms. The molecule has 2 aromatic carbocycles. The highest BCUT2D eigenvalue weighted by atomic mass is 16.2. The lowest BCUT2D eigenvalue weighted by molar-refractivity contribution is 0.0635. The first kappa shape index (κ1) is 22.8. The molecule has 1 aromatic heterocycles. The van der Waals surface area contributed by atoms with Crippen LogP contribution in [0.3, 0.4) is 0 Å². The fourth-order valence-electron chi connectivity index (χ4n) is 3.71. The van der Waals surface area contributed by atoms with Crippen molar-refractivity contribution in [1.29, 1.82) is 0 Å². The fourth-order valence-corrected chi connectivity index (χ4v) is 3.71. The number of nitrogens with one attached hydrogen (secondary N) is 2. The molecule has 2 N–H and O–H groups in total. The topological polar surface area (TPSA) is 108 Å². The van der Waals surface area contributed by atoms with Crippen molar-refractivity contribution in [3.05, 3.63) is 94.8 Å². The van der Waals surface area contributed by atoms with E-state index in [1.54, 1.807) is 42.6 Å². The van der Waals surface area contributed by atoms with E-state index in [-0.39, 0.29) is 41.7 Å². The highest BCUT2D eigenvalue weighted by Crippen LogP contribution is 2.25. The van der Waals surface area contributed by atoms with Crippen LogP contribution in [0, 0.1) is 5.92 Å². The van der Waals surface area contributed by atoms with Gasteiger partial charge in [0.15, 0.2) is 0 Å². The largest absolute Gasteiger partial charge is 0.348 e. The second-order valence-electron chi connectivity index (χ2n) is 8.45. The molecule has 1 aliphatic rings. The van der Waals surface area contributed by atoms with E-state index < -0.39 is 0 Å². The van der Waals surface area contributed by atoms with Crippen LogP contribution in [0.1, 0.15) is 60.8 Å². The zero-order valence-corrected chi connectivity index (χ0v) is 18.9. The standard InChI is InChI=1S/C26H24N4O4/c1-16(2)15-30-25(33)21-9-8-18(12-22(21)26(30)34)23(31)28-13-17-5-3-7-20(11-17)29-24(32)19-6-4-10-27-14-19/h3-12,14,16H,13,15H2,1-2H3,(H,28,31)(H,29,32). The fraction of sp³-hybridized carbons (Fsp3) is 0.192. The molecule has 8 nitrogen and oxygen atoms in total. The Bertz CT molecular complexity index is 1270. The van der Waals surface area contributed by atoms with Gasteiger partial charge in [0.1, 0.15) is 0 Å². The summed E-state index contributed by atoms with van der Waals surface area (Å²) in [5, 5.41) is 5.62. The van der Waals surface area contributed by atoms with Crippen LogP contribution in [0.4, 0.5) is 5.69 Å². The first-order chi connectivity index (χ1) is 16.3. The van der Waals surface area contributed by atoms with E-state index in [0.717, 1.165) is 5.56 Å². The average molecular weight is 457 g/mol. The van der Waals surface area contributed by atoms with Gasteiger partial charge in [-0.2, -0.15) is 0 Å². The Kier molecular flexibility index (Phi) is 6.49. The summed E-state index contributed by atoms with van der Waals surface area (Å²) in [7, 11) is 0. The second kappa shape index (κ2) is 9.66. The molecule has 34 heavy (non-hydrogen) atoms. The Labute approximate surface area is 197 Å². The quantitative estimate of drug-likeness (QED) is 0.529. The SMILES string of the molecule is CC(C)CN1C(=O)c2ccc(C(=O)NCc3cccc(NC(=O)c4cccnc4)c3)cc2C1=O. The molecule has 0 radical (unpaired) electrons. The maximum absolute atomic E-state index is 12.7. The lowest BCUT2D eigenvalue weighted by atomic mass is 10.1. The van der Waals surface area contributed by atoms with Crippen molar-refractivity contribution < 1.29 is 19.2 Å². The zero-order valence-electron chi connectivity index (χ0n) is 18.9. The lowest BCUT2D eigenvalue weighted by Crippen LogP contribution is -2.33. The number of aromatic nitrogens is 1. The van der Waals surface area contributed by atoms with Gasteiger partial charge in [0.25, 0.3) is 23.6 Å². The minimum Gasteiger partial charge on any atom is -0.348 e. The number of nitrogens with zero attached hydrogens (tertiary/aromatic N) is 2. The summed E-state index contributed by atoms with van der Waals surface area (Å²) in [6.45, 7) is 4.42. The third-order valence-corrected chi connectivity index (χ3v) is 5.34. The van der Waals surface area contributed by atoms with Crippen LogP contribution in [-0.4, -0.2) is 40.1 Å². The van der Waals surface area contributed by atoms with Crippen LogP contribution in [-0.2, 0) is 6.54 Å². The maximum atomic E-state index is 12.7. The van der Waals surface area contributed by atoms with Gasteiger partial charge >= 0.3 is 0 Å². The van der Waals surface area contributed by atoms with E-state index in [0.29, 0.717) is 28.9 Å². The number of carbonyl (C=O) groups excluding carboxylic acids is 4. The van der Waals surface area contributed by atoms with Gasteiger partial charge in [0.05, 0.1) is 16.7 Å². The first-order valence-electron chi connectivity index (χ1n) is 10.9. The van der Waals surface area contributed by atoms with Crippen LogP contribution >= 0.6 is 0 Å². The molecule has 0 saturated carbocycles. The summed E-state index contributed by atoms with van der Waals surface area (Å²) in [6.07, 6.45) is 3.08. The number of amides is 4. The molecular formula is C26H24N4O4. The molecule has 4 amide bonds. The van der Waals surface area contributed by atoms with E-state index >= 15 is 0 Å². The van der Waals surface area contributed by atoms with Gasteiger partial charge < -0.3 is 10.6 Å². The summed E-state index contributed by atoms with van der Waals surface area (Å²) in [6, 6.07) is 15.0. The second-order valence-corrected chi connectivity index (χ2v) is 8.45. The van der Waals surface area contributed by atoms with E-state index in [1.807, 2.05) is 19.9 Å². The van der Waals surface area contributed by atoms with Crippen molar-refractivity contribution in [2.24, 2.45) is 5.92 Å². The van der Waals surface area contributed by atoms with Crippen molar-refractivity contribution in [2.45, 2.75) is 20.4 Å². The van der Waals surface area contributed by atoms with Crippen molar-refractivity contribution in [3.8, 4) is 0 Å². The summed E-state index contributed by atoms with van der Waals surface area (Å²) in [4.78, 5) is 55.4. The van der Waals surface area contributed by atoms with E-state index in [1.165, 1.54) is 23.2 Å². The molecule has 1 aliphatic heterocycles. The molecule has 8 heteroatoms. The molecule has 0 atom stereocenters. The van der Waals surface area contributed by atoms with Crippen LogP contribution < -0.4 is 10.6 Å². The third-order valence-electron chi connectivity index (χ3n) is 5.34. The maximum Gasteiger partial charge on any atom is 0.261 e. The van der Waals surface area contributed by atoms with Gasteiger partial charge in [-0.15, -0.1) is 0 Å². The summed E-state index contributed by atoms with van der Waals surface area (Å²) < 4.78 is 0. The lowest BCUT2D eigenvalue weighted by Gasteiger charge is -2.15. The van der Waals surface area contributed by atoms with Gasteiger partial charge in [0, 0.05) is 36.7 Å². The molecule has 4 rings (SSSR count). The normalized spacial score (nSPS) is 12.6. The Balaban J connectivity index is 1.41. The molecule has 0 aliphatic carbocycles. The van der Waals surface area contributed by atoms with Gasteiger partial charge in [-0.05, 0) is 53.9 Å². The molecule has 3 aromatic rings. The number of pyridine rings is 1. The average Bonchev–Trinajstić information content (AvgIpc) is 3.07. The van der Waals surface area contributed by atoms with Crippen molar-refractivity contribution >= 4 is 29.3 Å². The van der Waals surface area contributed by atoms with Gasteiger partial charge in [-0.1, -0.05) is 26.0 Å². The molecular weight excluding hydrogens is 432 g/mol. The highest BCUT2D eigenvalue weighted by molar-refractivity contribution is 6.22. The van der Waals surface area contributed by atoms with Gasteiger partial charge in [0.2, 0.25) is 0 Å². The van der Waals surface area contributed by atoms with Gasteiger partial charge in [-0.25, -0.2) is 0 Å². The predicted molar refractivity (Wildman–Crippen MR) is 126 cm³/mol. The number of carbonyl (C=O) groups is 4. The van der Waals surface area contributed by atoms with E-state index in [2.05, 4.69) is 15.6 Å². The minimum absolute atomic E-state index is 0.148. The van der Waals surface area contributed by atoms with Crippen LogP contribution in [0.5, 0.6) is 0 Å². The molecule has 0 bridgehead atoms. The Morgan fingerprint density at radius 1 is 0.912 bits per heavy atom.